The highest BCUT2D eigenvalue weighted by Crippen LogP contribution is 2.40. The van der Waals surface area contributed by atoms with Gasteiger partial charge in [0.1, 0.15) is 17.8 Å². The van der Waals surface area contributed by atoms with Gasteiger partial charge in [-0.05, 0) is 38.8 Å². The number of amides is 2. The number of hydrogen-bond acceptors (Lipinski definition) is 5. The first kappa shape index (κ1) is 27.1. The van der Waals surface area contributed by atoms with Gasteiger partial charge >= 0.3 is 6.03 Å². The molecule has 0 aliphatic heterocycles. The normalized spacial score (nSPS) is 16.8. The zero-order valence-electron chi connectivity index (χ0n) is 22.6. The molecule has 0 radical (unpaired) electrons. The highest BCUT2D eigenvalue weighted by atomic mass is 35.5. The summed E-state index contributed by atoms with van der Waals surface area (Å²) in [7, 11) is 0. The van der Waals surface area contributed by atoms with E-state index in [9.17, 15) is 9.59 Å². The Bertz CT molecular complexity index is 1700. The second-order valence-electron chi connectivity index (χ2n) is 10.5. The van der Waals surface area contributed by atoms with Gasteiger partial charge in [-0.2, -0.15) is 0 Å². The number of aryl methyl sites for hydroxylation is 1. The fraction of sp³-hybridized carbons (Fsp3) is 0.226. The summed E-state index contributed by atoms with van der Waals surface area (Å²) < 4.78 is 1.89. The summed E-state index contributed by atoms with van der Waals surface area (Å²) >= 11 is 7.01. The molecule has 1 unspecified atom stereocenters. The van der Waals surface area contributed by atoms with E-state index < -0.39 is 11.6 Å². The molecule has 4 aromatic rings. The van der Waals surface area contributed by atoms with Gasteiger partial charge in [0.25, 0.3) is 0 Å². The number of allylic oxidation sites excluding steroid dienone is 2. The van der Waals surface area contributed by atoms with Gasteiger partial charge in [0.2, 0.25) is 0 Å². The monoisotopic (exact) mass is 554 g/mol. The number of primary amides is 1. The molecular weight excluding hydrogens is 524 g/mol. The van der Waals surface area contributed by atoms with Gasteiger partial charge in [0, 0.05) is 29.8 Å². The summed E-state index contributed by atoms with van der Waals surface area (Å²) in [5.41, 5.74) is 16.0. The second kappa shape index (κ2) is 10.6. The van der Waals surface area contributed by atoms with Crippen molar-refractivity contribution >= 4 is 40.3 Å². The van der Waals surface area contributed by atoms with Crippen LogP contribution in [0.25, 0.3) is 11.0 Å². The molecule has 0 bridgehead atoms. The maximum atomic E-state index is 14.0. The van der Waals surface area contributed by atoms with E-state index in [1.54, 1.807) is 18.3 Å². The standard InChI is InChI=1S/C31H31ClN6O2/c1-18(2)38-16-23(25-28(33)35-17-36-29(25)38)27(39)22-10-5-11-24(26(22)32)31(37-30(34)40)12-6-9-21(15-31)14-20-8-4-7-19(3)13-20/h4-13,16-18H,14-15H2,1-3H3,(H2,33,35,36)(H3,34,37,40). The third-order valence-electron chi connectivity index (χ3n) is 7.24. The van der Waals surface area contributed by atoms with Crippen molar-refractivity contribution in [3.8, 4) is 0 Å². The van der Waals surface area contributed by atoms with E-state index in [0.717, 1.165) is 11.1 Å². The Labute approximate surface area is 237 Å². The van der Waals surface area contributed by atoms with Crippen molar-refractivity contribution in [2.45, 2.75) is 45.2 Å². The number of hydrogen-bond donors (Lipinski definition) is 3. The van der Waals surface area contributed by atoms with Crippen LogP contribution in [0.15, 0.2) is 78.8 Å². The number of carbonyl (C=O) groups is 2. The molecule has 204 valence electrons. The Hall–Kier alpha value is -4.43. The first-order chi connectivity index (χ1) is 19.1. The molecule has 1 atom stereocenters. The molecule has 2 aromatic carbocycles. The first-order valence-electron chi connectivity index (χ1n) is 13.0. The summed E-state index contributed by atoms with van der Waals surface area (Å²) in [4.78, 5) is 34.8. The molecule has 2 amide bonds. The van der Waals surface area contributed by atoms with Gasteiger partial charge < -0.3 is 21.4 Å². The molecule has 5 N–H and O–H groups in total. The number of fused-ring (bicyclic) bond motifs is 1. The Balaban J connectivity index is 1.58. The number of ketones is 1. The second-order valence-corrected chi connectivity index (χ2v) is 10.9. The van der Waals surface area contributed by atoms with Crippen molar-refractivity contribution < 1.29 is 9.59 Å². The maximum Gasteiger partial charge on any atom is 0.313 e. The number of nitrogens with one attached hydrogen (secondary N) is 1. The molecule has 5 rings (SSSR count). The third kappa shape index (κ3) is 4.98. The molecule has 9 heteroatoms. The summed E-state index contributed by atoms with van der Waals surface area (Å²) in [6.07, 6.45) is 10.0. The molecule has 1 aliphatic carbocycles. The first-order valence-corrected chi connectivity index (χ1v) is 13.4. The van der Waals surface area contributed by atoms with E-state index >= 15 is 0 Å². The van der Waals surface area contributed by atoms with Crippen molar-refractivity contribution in [2.24, 2.45) is 5.73 Å². The quantitative estimate of drug-likeness (QED) is 0.249. The molecule has 8 nitrogen and oxygen atoms in total. The predicted molar refractivity (Wildman–Crippen MR) is 158 cm³/mol. The van der Waals surface area contributed by atoms with E-state index in [0.29, 0.717) is 35.0 Å². The van der Waals surface area contributed by atoms with Gasteiger partial charge in [0.15, 0.2) is 5.78 Å². The molecule has 2 aromatic heterocycles. The van der Waals surface area contributed by atoms with Crippen molar-refractivity contribution in [2.75, 3.05) is 5.73 Å². The summed E-state index contributed by atoms with van der Waals surface area (Å²) in [6, 6.07) is 12.9. The fourth-order valence-corrected chi connectivity index (χ4v) is 5.84. The van der Waals surface area contributed by atoms with E-state index in [1.165, 1.54) is 11.9 Å². The maximum absolute atomic E-state index is 14.0. The molecule has 2 heterocycles. The fourth-order valence-electron chi connectivity index (χ4n) is 5.46. The number of urea groups is 1. The number of nitrogens with zero attached hydrogens (tertiary/aromatic N) is 3. The van der Waals surface area contributed by atoms with Crippen molar-refractivity contribution in [1.29, 1.82) is 0 Å². The molecule has 0 spiro atoms. The minimum absolute atomic E-state index is 0.0363. The number of anilines is 1. The van der Waals surface area contributed by atoms with Crippen LogP contribution in [0.5, 0.6) is 0 Å². The van der Waals surface area contributed by atoms with Gasteiger partial charge in [-0.3, -0.25) is 4.79 Å². The van der Waals surface area contributed by atoms with E-state index in [-0.39, 0.29) is 28.2 Å². The lowest BCUT2D eigenvalue weighted by Gasteiger charge is -2.36. The number of aromatic nitrogens is 3. The summed E-state index contributed by atoms with van der Waals surface area (Å²) in [6.45, 7) is 6.05. The number of nitrogen functional groups attached to an aromatic ring is 1. The minimum Gasteiger partial charge on any atom is -0.383 e. The highest BCUT2D eigenvalue weighted by Gasteiger charge is 2.36. The van der Waals surface area contributed by atoms with Gasteiger partial charge in [-0.1, -0.05) is 77.4 Å². The number of carbonyl (C=O) groups excluding carboxylic acids is 2. The van der Waals surface area contributed by atoms with Crippen molar-refractivity contribution in [3.05, 3.63) is 112 Å². The topological polar surface area (TPSA) is 129 Å². The van der Waals surface area contributed by atoms with E-state index in [4.69, 9.17) is 23.1 Å². The summed E-state index contributed by atoms with van der Waals surface area (Å²) in [5, 5.41) is 3.62. The zero-order chi connectivity index (χ0) is 28.6. The molecule has 0 fully saturated rings. The molecular formula is C31H31ClN6O2. The van der Waals surface area contributed by atoms with Crippen LogP contribution < -0.4 is 16.8 Å². The zero-order valence-corrected chi connectivity index (χ0v) is 23.4. The van der Waals surface area contributed by atoms with Crippen LogP contribution in [-0.2, 0) is 12.0 Å². The van der Waals surface area contributed by atoms with Crippen LogP contribution in [-0.4, -0.2) is 26.3 Å². The molecule has 1 aliphatic rings. The van der Waals surface area contributed by atoms with Gasteiger partial charge in [-0.15, -0.1) is 0 Å². The lowest BCUT2D eigenvalue weighted by Crippen LogP contribution is -2.48. The van der Waals surface area contributed by atoms with Crippen LogP contribution >= 0.6 is 11.6 Å². The molecule has 0 saturated heterocycles. The number of halogens is 1. The Kier molecular flexibility index (Phi) is 7.21. The van der Waals surface area contributed by atoms with E-state index in [1.807, 2.05) is 48.8 Å². The third-order valence-corrected chi connectivity index (χ3v) is 7.65. The Morgan fingerprint density at radius 1 is 1.15 bits per heavy atom. The van der Waals surface area contributed by atoms with Crippen LogP contribution in [0.2, 0.25) is 5.02 Å². The van der Waals surface area contributed by atoms with Crippen LogP contribution in [0.3, 0.4) is 0 Å². The largest absolute Gasteiger partial charge is 0.383 e. The number of nitrogens with two attached hydrogens (primary N) is 2. The minimum atomic E-state index is -1.04. The average molecular weight is 555 g/mol. The number of benzene rings is 2. The van der Waals surface area contributed by atoms with Crippen molar-refractivity contribution in [3.63, 3.8) is 0 Å². The van der Waals surface area contributed by atoms with Gasteiger partial charge in [0.05, 0.1) is 21.5 Å². The Morgan fingerprint density at radius 2 is 1.93 bits per heavy atom. The Morgan fingerprint density at radius 3 is 2.65 bits per heavy atom. The van der Waals surface area contributed by atoms with Crippen LogP contribution in [0, 0.1) is 6.92 Å². The van der Waals surface area contributed by atoms with Gasteiger partial charge in [-0.25, -0.2) is 14.8 Å². The molecule has 0 saturated carbocycles. The lowest BCUT2D eigenvalue weighted by molar-refractivity contribution is 0.104. The lowest BCUT2D eigenvalue weighted by atomic mass is 9.78. The number of rotatable bonds is 7. The SMILES string of the molecule is Cc1cccc(CC2=CC=CC(NC(N)=O)(c3cccc(C(=O)c4cn(C(C)C)c5ncnc(N)c45)c3Cl)C2)c1. The smallest absolute Gasteiger partial charge is 0.313 e. The molecule has 40 heavy (non-hydrogen) atoms. The summed E-state index contributed by atoms with van der Waals surface area (Å²) in [5.74, 6) is -0.102. The van der Waals surface area contributed by atoms with Crippen LogP contribution in [0.1, 0.15) is 58.9 Å². The average Bonchev–Trinajstić information content (AvgIpc) is 3.30. The van der Waals surface area contributed by atoms with E-state index in [2.05, 4.69) is 40.4 Å². The highest BCUT2D eigenvalue weighted by molar-refractivity contribution is 6.36. The predicted octanol–water partition coefficient (Wildman–Crippen LogP) is 5.78. The van der Waals surface area contributed by atoms with Crippen LogP contribution in [0.4, 0.5) is 10.6 Å². The van der Waals surface area contributed by atoms with Crippen molar-refractivity contribution in [1.82, 2.24) is 19.9 Å².